The van der Waals surface area contributed by atoms with Crippen LogP contribution < -0.4 is 15.6 Å². The standard InChI is InChI=1S/C24H21N3O4/c1-31-16-7-4-6-15(14-16)21-24(17-8-2-3-9-18(17)26-23(24)30)12-13-27(21)22(29)19-10-5-11-20(28)25-19/h2-11,14,21H,12-13H2,1H3,(H,25,28)(H,26,30)/t21-,24+/m0/s1. The first-order chi connectivity index (χ1) is 15.0. The molecule has 1 fully saturated rings. The van der Waals surface area contributed by atoms with Crippen molar-refractivity contribution in [3.63, 3.8) is 0 Å². The summed E-state index contributed by atoms with van der Waals surface area (Å²) in [6.07, 6.45) is 0.473. The van der Waals surface area contributed by atoms with Gasteiger partial charge >= 0.3 is 0 Å². The number of benzene rings is 2. The molecule has 5 rings (SSSR count). The molecular formula is C24H21N3O4. The zero-order valence-corrected chi connectivity index (χ0v) is 16.9. The monoisotopic (exact) mass is 415 g/mol. The van der Waals surface area contributed by atoms with Crippen LogP contribution in [0.4, 0.5) is 5.69 Å². The van der Waals surface area contributed by atoms with Crippen LogP contribution in [-0.4, -0.2) is 35.4 Å². The topological polar surface area (TPSA) is 91.5 Å². The van der Waals surface area contributed by atoms with Crippen molar-refractivity contribution in [2.24, 2.45) is 0 Å². The second-order valence-electron chi connectivity index (χ2n) is 7.83. The molecule has 1 aromatic heterocycles. The lowest BCUT2D eigenvalue weighted by molar-refractivity contribution is -0.121. The highest BCUT2D eigenvalue weighted by atomic mass is 16.5. The van der Waals surface area contributed by atoms with Gasteiger partial charge in [0.1, 0.15) is 16.9 Å². The number of pyridine rings is 1. The molecule has 3 aromatic rings. The van der Waals surface area contributed by atoms with E-state index in [9.17, 15) is 14.4 Å². The molecule has 2 aliphatic heterocycles. The number of carbonyl (C=O) groups excluding carboxylic acids is 2. The molecular weight excluding hydrogens is 394 g/mol. The van der Waals surface area contributed by atoms with Crippen LogP contribution in [0, 0.1) is 0 Å². The van der Waals surface area contributed by atoms with Crippen molar-refractivity contribution in [1.29, 1.82) is 0 Å². The molecule has 2 aliphatic rings. The Balaban J connectivity index is 1.69. The zero-order chi connectivity index (χ0) is 21.6. The number of rotatable bonds is 3. The number of nitrogens with one attached hydrogen (secondary N) is 2. The van der Waals surface area contributed by atoms with Gasteiger partial charge in [0, 0.05) is 18.3 Å². The molecule has 2 aromatic carbocycles. The average molecular weight is 415 g/mol. The quantitative estimate of drug-likeness (QED) is 0.688. The number of ether oxygens (including phenoxy) is 1. The fraction of sp³-hybridized carbons (Fsp3) is 0.208. The van der Waals surface area contributed by atoms with Gasteiger partial charge in [0.25, 0.3) is 5.91 Å². The van der Waals surface area contributed by atoms with Gasteiger partial charge in [-0.05, 0) is 41.8 Å². The van der Waals surface area contributed by atoms with E-state index in [4.69, 9.17) is 4.74 Å². The minimum Gasteiger partial charge on any atom is -0.497 e. The molecule has 0 unspecified atom stereocenters. The van der Waals surface area contributed by atoms with Crippen LogP contribution in [0.15, 0.2) is 71.5 Å². The summed E-state index contributed by atoms with van der Waals surface area (Å²) in [6.45, 7) is 0.374. The van der Waals surface area contributed by atoms with E-state index >= 15 is 0 Å². The third-order valence-electron chi connectivity index (χ3n) is 6.26. The SMILES string of the molecule is COc1cccc([C@@H]2N(C(=O)c3cccc(=O)[nH]3)CC[C@]23C(=O)Nc2ccccc23)c1. The summed E-state index contributed by atoms with van der Waals surface area (Å²) in [5.41, 5.74) is 1.38. The fourth-order valence-electron chi connectivity index (χ4n) is 4.91. The number of H-pyrrole nitrogens is 1. The molecule has 2 atom stereocenters. The Hall–Kier alpha value is -3.87. The van der Waals surface area contributed by atoms with Crippen molar-refractivity contribution in [2.75, 3.05) is 19.0 Å². The second-order valence-corrected chi connectivity index (χ2v) is 7.83. The van der Waals surface area contributed by atoms with E-state index < -0.39 is 11.5 Å². The van der Waals surface area contributed by atoms with Gasteiger partial charge in [0.05, 0.1) is 13.2 Å². The highest BCUT2D eigenvalue weighted by Crippen LogP contribution is 2.55. The number of hydrogen-bond acceptors (Lipinski definition) is 4. The molecule has 2 N–H and O–H groups in total. The lowest BCUT2D eigenvalue weighted by Crippen LogP contribution is -2.43. The first kappa shape index (κ1) is 19.1. The highest BCUT2D eigenvalue weighted by Gasteiger charge is 2.59. The van der Waals surface area contributed by atoms with Crippen LogP contribution in [0.3, 0.4) is 0 Å². The lowest BCUT2D eigenvalue weighted by atomic mass is 9.72. The van der Waals surface area contributed by atoms with Crippen LogP contribution in [0.1, 0.15) is 34.1 Å². The highest BCUT2D eigenvalue weighted by molar-refractivity contribution is 6.08. The van der Waals surface area contributed by atoms with Crippen LogP contribution in [0.25, 0.3) is 0 Å². The van der Waals surface area contributed by atoms with E-state index in [2.05, 4.69) is 10.3 Å². The van der Waals surface area contributed by atoms with Gasteiger partial charge in [-0.2, -0.15) is 0 Å². The summed E-state index contributed by atoms with van der Waals surface area (Å²) in [4.78, 5) is 43.0. The van der Waals surface area contributed by atoms with Gasteiger partial charge in [-0.1, -0.05) is 36.4 Å². The number of likely N-dealkylation sites (tertiary alicyclic amines) is 1. The van der Waals surface area contributed by atoms with Crippen molar-refractivity contribution < 1.29 is 14.3 Å². The summed E-state index contributed by atoms with van der Waals surface area (Å²) in [6, 6.07) is 19.0. The molecule has 156 valence electrons. The van der Waals surface area contributed by atoms with Gasteiger partial charge < -0.3 is 19.9 Å². The Bertz CT molecular complexity index is 1250. The van der Waals surface area contributed by atoms with E-state index in [-0.39, 0.29) is 23.1 Å². The van der Waals surface area contributed by atoms with Crippen molar-refractivity contribution in [2.45, 2.75) is 17.9 Å². The maximum absolute atomic E-state index is 13.5. The van der Waals surface area contributed by atoms with E-state index in [1.807, 2.05) is 48.5 Å². The smallest absolute Gasteiger partial charge is 0.270 e. The number of para-hydroxylation sites is 1. The number of nitrogens with zero attached hydrogens (tertiary/aromatic N) is 1. The Kier molecular flexibility index (Phi) is 4.39. The predicted molar refractivity (Wildman–Crippen MR) is 115 cm³/mol. The molecule has 0 saturated carbocycles. The number of fused-ring (bicyclic) bond motifs is 2. The number of anilines is 1. The minimum atomic E-state index is -0.923. The second kappa shape index (κ2) is 7.12. The Labute approximate surface area is 178 Å². The summed E-state index contributed by atoms with van der Waals surface area (Å²) in [7, 11) is 1.58. The van der Waals surface area contributed by atoms with Gasteiger partial charge in [0.2, 0.25) is 11.5 Å². The van der Waals surface area contributed by atoms with Crippen molar-refractivity contribution >= 4 is 17.5 Å². The van der Waals surface area contributed by atoms with Crippen LogP contribution in [0.2, 0.25) is 0 Å². The van der Waals surface area contributed by atoms with Crippen LogP contribution in [0.5, 0.6) is 5.75 Å². The van der Waals surface area contributed by atoms with E-state index in [1.54, 1.807) is 24.1 Å². The van der Waals surface area contributed by atoms with Crippen LogP contribution >= 0.6 is 0 Å². The normalized spacial score (nSPS) is 21.8. The minimum absolute atomic E-state index is 0.127. The third-order valence-corrected chi connectivity index (χ3v) is 6.26. The molecule has 31 heavy (non-hydrogen) atoms. The Morgan fingerprint density at radius 3 is 2.68 bits per heavy atom. The maximum atomic E-state index is 13.5. The molecule has 0 radical (unpaired) electrons. The maximum Gasteiger partial charge on any atom is 0.270 e. The Morgan fingerprint density at radius 1 is 1.06 bits per heavy atom. The van der Waals surface area contributed by atoms with Gasteiger partial charge in [-0.25, -0.2) is 0 Å². The van der Waals surface area contributed by atoms with Crippen molar-refractivity contribution in [3.05, 3.63) is 93.9 Å². The molecule has 7 heteroatoms. The molecule has 1 saturated heterocycles. The van der Waals surface area contributed by atoms with Gasteiger partial charge in [-0.3, -0.25) is 14.4 Å². The van der Waals surface area contributed by atoms with E-state index in [1.165, 1.54) is 6.07 Å². The molecule has 2 amide bonds. The molecule has 3 heterocycles. The Morgan fingerprint density at radius 2 is 1.87 bits per heavy atom. The van der Waals surface area contributed by atoms with Crippen molar-refractivity contribution in [3.8, 4) is 5.75 Å². The summed E-state index contributed by atoms with van der Waals surface area (Å²) in [5, 5.41) is 3.00. The predicted octanol–water partition coefficient (Wildman–Crippen LogP) is 2.86. The summed E-state index contributed by atoms with van der Waals surface area (Å²) in [5.74, 6) is 0.199. The zero-order valence-electron chi connectivity index (χ0n) is 16.9. The largest absolute Gasteiger partial charge is 0.497 e. The van der Waals surface area contributed by atoms with Crippen LogP contribution in [-0.2, 0) is 10.2 Å². The van der Waals surface area contributed by atoms with Gasteiger partial charge in [-0.15, -0.1) is 0 Å². The summed E-state index contributed by atoms with van der Waals surface area (Å²) < 4.78 is 5.41. The first-order valence-corrected chi connectivity index (χ1v) is 10.1. The number of aromatic amines is 1. The fourth-order valence-corrected chi connectivity index (χ4v) is 4.91. The number of methoxy groups -OCH3 is 1. The third kappa shape index (κ3) is 2.84. The number of amides is 2. The number of hydrogen-bond donors (Lipinski definition) is 2. The average Bonchev–Trinajstić information content (AvgIpc) is 3.32. The van der Waals surface area contributed by atoms with Gasteiger partial charge in [0.15, 0.2) is 0 Å². The molecule has 0 aliphatic carbocycles. The van der Waals surface area contributed by atoms with E-state index in [0.717, 1.165) is 16.8 Å². The molecule has 0 bridgehead atoms. The van der Waals surface area contributed by atoms with Crippen molar-refractivity contribution in [1.82, 2.24) is 9.88 Å². The summed E-state index contributed by atoms with van der Waals surface area (Å²) >= 11 is 0. The number of aromatic nitrogens is 1. The molecule has 1 spiro atoms. The lowest BCUT2D eigenvalue weighted by Gasteiger charge is -2.34. The number of carbonyl (C=O) groups is 2. The van der Waals surface area contributed by atoms with E-state index in [0.29, 0.717) is 18.7 Å². The first-order valence-electron chi connectivity index (χ1n) is 10.1. The molecule has 7 nitrogen and oxygen atoms in total.